The van der Waals surface area contributed by atoms with Crippen molar-refractivity contribution in [1.29, 1.82) is 0 Å². The zero-order valence-corrected chi connectivity index (χ0v) is 22.3. The maximum atomic E-state index is 13.9. The molecule has 41 heavy (non-hydrogen) atoms. The summed E-state index contributed by atoms with van der Waals surface area (Å²) in [6.07, 6.45) is -1.03. The normalized spacial score (nSPS) is 19.7. The number of anilines is 2. The molecule has 2 saturated heterocycles. The van der Waals surface area contributed by atoms with Crippen molar-refractivity contribution in [3.63, 3.8) is 0 Å². The molecule has 4 aromatic rings. The number of carbonyl (C=O) groups is 3. The quantitative estimate of drug-likeness (QED) is 0.181. The van der Waals surface area contributed by atoms with Gasteiger partial charge in [0, 0.05) is 0 Å². The summed E-state index contributed by atoms with van der Waals surface area (Å²) in [5, 5.41) is 1.60. The van der Waals surface area contributed by atoms with Gasteiger partial charge in [0.05, 0.1) is 37.2 Å². The van der Waals surface area contributed by atoms with E-state index in [2.05, 4.69) is 0 Å². The molecule has 2 heterocycles. The van der Waals surface area contributed by atoms with Crippen LogP contribution in [0.5, 0.6) is 17.2 Å². The number of nitrogens with zero attached hydrogens (tertiary/aromatic N) is 2. The lowest BCUT2D eigenvalue weighted by Gasteiger charge is -2.29. The summed E-state index contributed by atoms with van der Waals surface area (Å²) in [5.74, 6) is -1.07. The van der Waals surface area contributed by atoms with Gasteiger partial charge < -0.3 is 14.2 Å². The number of imide groups is 1. The number of rotatable bonds is 7. The molecule has 2 fully saturated rings. The molecule has 9 heteroatoms. The molecule has 6 rings (SSSR count). The fourth-order valence-electron chi connectivity index (χ4n) is 5.22. The Balaban J connectivity index is 1.37. The van der Waals surface area contributed by atoms with Crippen molar-refractivity contribution < 1.29 is 33.4 Å². The van der Waals surface area contributed by atoms with Gasteiger partial charge in [-0.1, -0.05) is 42.5 Å². The van der Waals surface area contributed by atoms with Crippen molar-refractivity contribution in [2.45, 2.75) is 12.1 Å². The fourth-order valence-corrected chi connectivity index (χ4v) is 5.22. The van der Waals surface area contributed by atoms with Gasteiger partial charge in [-0.3, -0.25) is 14.4 Å². The number of amides is 2. The molecule has 0 aromatic heterocycles. The molecule has 3 atom stereocenters. The van der Waals surface area contributed by atoms with Crippen LogP contribution in [0, 0.1) is 5.92 Å². The van der Waals surface area contributed by atoms with E-state index in [-0.39, 0.29) is 11.7 Å². The monoisotopic (exact) mass is 550 g/mol. The molecular formula is C32H26N2O7. The van der Waals surface area contributed by atoms with Crippen LogP contribution in [-0.2, 0) is 14.4 Å². The van der Waals surface area contributed by atoms with Crippen LogP contribution < -0.4 is 24.2 Å². The summed E-state index contributed by atoms with van der Waals surface area (Å²) in [5.41, 5.74) is 2.16. The molecular weight excluding hydrogens is 524 g/mol. The largest absolute Gasteiger partial charge is 0.497 e. The Kier molecular flexibility index (Phi) is 6.86. The minimum absolute atomic E-state index is 0.223. The lowest BCUT2D eigenvalue weighted by atomic mass is 9.90. The number of esters is 1. The number of hydroxylamine groups is 1. The molecule has 0 saturated carbocycles. The van der Waals surface area contributed by atoms with Gasteiger partial charge in [-0.25, -0.2) is 14.8 Å². The average molecular weight is 551 g/mol. The summed E-state index contributed by atoms with van der Waals surface area (Å²) >= 11 is 0. The second kappa shape index (κ2) is 10.8. The Morgan fingerprint density at radius 1 is 0.732 bits per heavy atom. The lowest BCUT2D eigenvalue weighted by Crippen LogP contribution is -2.37. The zero-order chi connectivity index (χ0) is 28.5. The maximum Gasteiger partial charge on any atom is 0.343 e. The summed E-state index contributed by atoms with van der Waals surface area (Å²) in [6, 6.07) is 29.0. The van der Waals surface area contributed by atoms with Gasteiger partial charge in [0.15, 0.2) is 17.6 Å². The third-order valence-corrected chi connectivity index (χ3v) is 7.20. The van der Waals surface area contributed by atoms with E-state index < -0.39 is 29.9 Å². The molecule has 2 aliphatic rings. The van der Waals surface area contributed by atoms with Crippen molar-refractivity contribution in [2.75, 3.05) is 24.2 Å². The van der Waals surface area contributed by atoms with Crippen LogP contribution in [0.4, 0.5) is 11.4 Å². The first-order valence-corrected chi connectivity index (χ1v) is 13.0. The second-order valence-corrected chi connectivity index (χ2v) is 9.53. The maximum absolute atomic E-state index is 13.9. The predicted molar refractivity (Wildman–Crippen MR) is 150 cm³/mol. The summed E-state index contributed by atoms with van der Waals surface area (Å²) in [6.45, 7) is 0. The van der Waals surface area contributed by atoms with E-state index in [4.69, 9.17) is 19.0 Å². The molecule has 0 unspecified atom stereocenters. The molecule has 9 nitrogen and oxygen atoms in total. The van der Waals surface area contributed by atoms with E-state index in [0.717, 1.165) is 4.90 Å². The van der Waals surface area contributed by atoms with Crippen LogP contribution in [0.3, 0.4) is 0 Å². The van der Waals surface area contributed by atoms with Gasteiger partial charge in [-0.15, -0.1) is 0 Å². The number of benzene rings is 4. The van der Waals surface area contributed by atoms with E-state index in [0.29, 0.717) is 34.0 Å². The number of methoxy groups -OCH3 is 2. The van der Waals surface area contributed by atoms with Gasteiger partial charge in [0.1, 0.15) is 11.7 Å². The molecule has 2 aliphatic heterocycles. The second-order valence-electron chi connectivity index (χ2n) is 9.53. The molecule has 206 valence electrons. The van der Waals surface area contributed by atoms with Crippen molar-refractivity contribution in [3.05, 3.63) is 114 Å². The minimum atomic E-state index is -1.03. The van der Waals surface area contributed by atoms with Crippen LogP contribution >= 0.6 is 0 Å². The SMILES string of the molecule is COc1ccc(N2C(=O)[C@@H]3[C@@H](ON(c4ccccc4)[C@H]3c3ccc(OC(=O)c4ccccc4)c(OC)c3)C2=O)cc1. The molecule has 0 N–H and O–H groups in total. The van der Waals surface area contributed by atoms with Gasteiger partial charge in [-0.05, 0) is 66.2 Å². The number of fused-ring (bicyclic) bond motifs is 1. The summed E-state index contributed by atoms with van der Waals surface area (Å²) in [4.78, 5) is 47.6. The van der Waals surface area contributed by atoms with E-state index in [1.165, 1.54) is 7.11 Å². The molecule has 0 aliphatic carbocycles. The van der Waals surface area contributed by atoms with Crippen LogP contribution in [0.25, 0.3) is 0 Å². The summed E-state index contributed by atoms with van der Waals surface area (Å²) < 4.78 is 16.4. The minimum Gasteiger partial charge on any atom is -0.497 e. The standard InChI is InChI=1S/C32H26N2O7/c1-38-24-16-14-22(15-17-24)33-30(35)27-28(34(41-29(27)31(33)36)23-11-7-4-8-12-23)21-13-18-25(26(19-21)39-2)40-32(37)20-9-5-3-6-10-20/h3-19,27-29H,1-2H3/t27-,28-,29+/m0/s1. The van der Waals surface area contributed by atoms with Crippen LogP contribution in [0.15, 0.2) is 103 Å². The van der Waals surface area contributed by atoms with E-state index in [9.17, 15) is 14.4 Å². The van der Waals surface area contributed by atoms with Crippen LogP contribution in [-0.4, -0.2) is 38.1 Å². The Bertz CT molecular complexity index is 1590. The highest BCUT2D eigenvalue weighted by molar-refractivity contribution is 6.24. The smallest absolute Gasteiger partial charge is 0.343 e. The van der Waals surface area contributed by atoms with Gasteiger partial charge >= 0.3 is 5.97 Å². The van der Waals surface area contributed by atoms with Gasteiger partial charge in [0.2, 0.25) is 5.91 Å². The third-order valence-electron chi connectivity index (χ3n) is 7.20. The number of hydrogen-bond donors (Lipinski definition) is 0. The Labute approximate surface area is 236 Å². The summed E-state index contributed by atoms with van der Waals surface area (Å²) in [7, 11) is 3.02. The molecule has 0 radical (unpaired) electrons. The van der Waals surface area contributed by atoms with Crippen LogP contribution in [0.1, 0.15) is 22.0 Å². The van der Waals surface area contributed by atoms with Crippen molar-refractivity contribution >= 4 is 29.2 Å². The number of hydrogen-bond acceptors (Lipinski definition) is 8. The Morgan fingerprint density at radius 2 is 1.41 bits per heavy atom. The van der Waals surface area contributed by atoms with Gasteiger partial charge in [0.25, 0.3) is 5.91 Å². The molecule has 0 bridgehead atoms. The van der Waals surface area contributed by atoms with Crippen molar-refractivity contribution in [3.8, 4) is 17.2 Å². The first kappa shape index (κ1) is 26.1. The van der Waals surface area contributed by atoms with E-state index in [1.807, 2.05) is 36.4 Å². The molecule has 2 amide bonds. The lowest BCUT2D eigenvalue weighted by molar-refractivity contribution is -0.126. The topological polar surface area (TPSA) is 94.6 Å². The predicted octanol–water partition coefficient (Wildman–Crippen LogP) is 4.97. The zero-order valence-electron chi connectivity index (χ0n) is 22.3. The van der Waals surface area contributed by atoms with Crippen molar-refractivity contribution in [2.24, 2.45) is 5.92 Å². The first-order chi connectivity index (χ1) is 20.0. The Hall–Kier alpha value is -5.15. The highest BCUT2D eigenvalue weighted by Gasteiger charge is 2.60. The number of ether oxygens (including phenoxy) is 3. The third kappa shape index (κ3) is 4.66. The number of para-hydroxylation sites is 1. The van der Waals surface area contributed by atoms with Crippen LogP contribution in [0.2, 0.25) is 0 Å². The average Bonchev–Trinajstić information content (AvgIpc) is 3.53. The van der Waals surface area contributed by atoms with E-state index >= 15 is 0 Å². The molecule has 4 aromatic carbocycles. The van der Waals surface area contributed by atoms with Gasteiger partial charge in [-0.2, -0.15) is 0 Å². The number of carbonyl (C=O) groups excluding carboxylic acids is 3. The highest BCUT2D eigenvalue weighted by atomic mass is 16.7. The Morgan fingerprint density at radius 3 is 2.07 bits per heavy atom. The fraction of sp³-hybridized carbons (Fsp3) is 0.156. The van der Waals surface area contributed by atoms with Crippen molar-refractivity contribution in [1.82, 2.24) is 0 Å². The molecule has 0 spiro atoms. The highest BCUT2D eigenvalue weighted by Crippen LogP contribution is 2.48. The van der Waals surface area contributed by atoms with E-state index in [1.54, 1.807) is 78.9 Å². The first-order valence-electron chi connectivity index (χ1n) is 13.0.